The van der Waals surface area contributed by atoms with Crippen molar-refractivity contribution >= 4 is 5.97 Å². The summed E-state index contributed by atoms with van der Waals surface area (Å²) in [5, 5.41) is 8.64. The van der Waals surface area contributed by atoms with E-state index in [0.29, 0.717) is 5.69 Å². The van der Waals surface area contributed by atoms with Crippen molar-refractivity contribution in [3.63, 3.8) is 0 Å². The molecule has 64 valence electrons. The van der Waals surface area contributed by atoms with Crippen LogP contribution >= 0.6 is 0 Å². The lowest BCUT2D eigenvalue weighted by Crippen LogP contribution is -2.09. The maximum Gasteiger partial charge on any atom is 0.312 e. The third-order valence-electron chi connectivity index (χ3n) is 1.61. The van der Waals surface area contributed by atoms with E-state index in [0.717, 1.165) is 5.69 Å². The number of carboxylic acid groups (broad SMARTS) is 1. The molecule has 0 spiro atoms. The van der Waals surface area contributed by atoms with E-state index in [9.17, 15) is 4.79 Å². The Morgan fingerprint density at radius 3 is 2.58 bits per heavy atom. The van der Waals surface area contributed by atoms with Crippen LogP contribution in [0.2, 0.25) is 0 Å². The van der Waals surface area contributed by atoms with Gasteiger partial charge >= 0.3 is 5.97 Å². The first kappa shape index (κ1) is 8.64. The van der Waals surface area contributed by atoms with Gasteiger partial charge in [-0.3, -0.25) is 14.8 Å². The van der Waals surface area contributed by atoms with Crippen molar-refractivity contribution in [1.29, 1.82) is 0 Å². The molecule has 1 aromatic rings. The van der Waals surface area contributed by atoms with E-state index in [-0.39, 0.29) is 0 Å². The van der Waals surface area contributed by atoms with Crippen LogP contribution < -0.4 is 0 Å². The summed E-state index contributed by atoms with van der Waals surface area (Å²) in [5.74, 6) is -1.47. The highest BCUT2D eigenvalue weighted by Crippen LogP contribution is 2.10. The third-order valence-corrected chi connectivity index (χ3v) is 1.61. The minimum atomic E-state index is -0.881. The van der Waals surface area contributed by atoms with E-state index in [1.54, 1.807) is 13.1 Å². The normalized spacial score (nSPS) is 12.5. The van der Waals surface area contributed by atoms with Gasteiger partial charge in [0.1, 0.15) is 0 Å². The molecule has 0 aliphatic carbocycles. The fourth-order valence-electron chi connectivity index (χ4n) is 0.753. The van der Waals surface area contributed by atoms with Gasteiger partial charge in [0.05, 0.1) is 17.3 Å². The Hall–Kier alpha value is -1.45. The first-order valence-corrected chi connectivity index (χ1v) is 3.62. The summed E-state index contributed by atoms with van der Waals surface area (Å²) in [6, 6.07) is 0. The number of aliphatic carboxylic acids is 1. The fraction of sp³-hybridized carbons (Fsp3) is 0.375. The van der Waals surface area contributed by atoms with E-state index in [1.807, 2.05) is 6.92 Å². The number of hydrogen-bond donors (Lipinski definition) is 1. The molecule has 0 aliphatic heterocycles. The van der Waals surface area contributed by atoms with E-state index < -0.39 is 11.9 Å². The Morgan fingerprint density at radius 1 is 1.50 bits per heavy atom. The van der Waals surface area contributed by atoms with Crippen molar-refractivity contribution in [3.05, 3.63) is 23.8 Å². The van der Waals surface area contributed by atoms with Crippen LogP contribution in [0.15, 0.2) is 12.4 Å². The Labute approximate surface area is 70.3 Å². The molecule has 0 bridgehead atoms. The average Bonchev–Trinajstić information content (AvgIpc) is 2.04. The molecule has 0 radical (unpaired) electrons. The second kappa shape index (κ2) is 3.30. The van der Waals surface area contributed by atoms with Crippen LogP contribution in [0, 0.1) is 6.92 Å². The standard InChI is InChI=1S/C8H10N2O2/c1-5-3-10-7(4-9-5)6(2)8(11)12/h3-4,6H,1-2H3,(H,11,12). The van der Waals surface area contributed by atoms with Crippen molar-refractivity contribution < 1.29 is 9.90 Å². The summed E-state index contributed by atoms with van der Waals surface area (Å²) >= 11 is 0. The van der Waals surface area contributed by atoms with Crippen molar-refractivity contribution in [2.45, 2.75) is 19.8 Å². The molecule has 0 amide bonds. The van der Waals surface area contributed by atoms with Crippen LogP contribution in [0.4, 0.5) is 0 Å². The van der Waals surface area contributed by atoms with Crippen molar-refractivity contribution in [2.24, 2.45) is 0 Å². The number of hydrogen-bond acceptors (Lipinski definition) is 3. The number of nitrogens with zero attached hydrogens (tertiary/aromatic N) is 2. The number of rotatable bonds is 2. The van der Waals surface area contributed by atoms with E-state index in [4.69, 9.17) is 5.11 Å². The lowest BCUT2D eigenvalue weighted by molar-refractivity contribution is -0.138. The quantitative estimate of drug-likeness (QED) is 0.711. The molecule has 0 aliphatic rings. The maximum absolute atomic E-state index is 10.5. The van der Waals surface area contributed by atoms with Crippen LogP contribution in [-0.2, 0) is 4.79 Å². The molecular formula is C8H10N2O2. The zero-order valence-electron chi connectivity index (χ0n) is 6.98. The second-order valence-electron chi connectivity index (χ2n) is 2.64. The van der Waals surface area contributed by atoms with Gasteiger partial charge in [-0.1, -0.05) is 0 Å². The highest BCUT2D eigenvalue weighted by atomic mass is 16.4. The van der Waals surface area contributed by atoms with Crippen LogP contribution in [0.5, 0.6) is 0 Å². The lowest BCUT2D eigenvalue weighted by atomic mass is 10.1. The van der Waals surface area contributed by atoms with Gasteiger partial charge in [0.15, 0.2) is 0 Å². The molecule has 0 aromatic carbocycles. The first-order chi connectivity index (χ1) is 5.61. The van der Waals surface area contributed by atoms with E-state index in [1.165, 1.54) is 6.20 Å². The summed E-state index contributed by atoms with van der Waals surface area (Å²) in [7, 11) is 0. The summed E-state index contributed by atoms with van der Waals surface area (Å²) in [6.07, 6.45) is 3.06. The molecule has 1 N–H and O–H groups in total. The minimum Gasteiger partial charge on any atom is -0.481 e. The Morgan fingerprint density at radius 2 is 2.17 bits per heavy atom. The van der Waals surface area contributed by atoms with Crippen molar-refractivity contribution in [3.8, 4) is 0 Å². The molecule has 1 rings (SSSR count). The third kappa shape index (κ3) is 1.78. The van der Waals surface area contributed by atoms with Crippen molar-refractivity contribution in [1.82, 2.24) is 9.97 Å². The Balaban J connectivity index is 2.89. The average molecular weight is 166 g/mol. The summed E-state index contributed by atoms with van der Waals surface area (Å²) in [6.45, 7) is 3.39. The lowest BCUT2D eigenvalue weighted by Gasteiger charge is -2.03. The van der Waals surface area contributed by atoms with Gasteiger partial charge in [-0.05, 0) is 13.8 Å². The number of aryl methyl sites for hydroxylation is 1. The highest BCUT2D eigenvalue weighted by Gasteiger charge is 2.14. The van der Waals surface area contributed by atoms with Crippen LogP contribution in [0.25, 0.3) is 0 Å². The predicted octanol–water partition coefficient (Wildman–Crippen LogP) is 0.973. The first-order valence-electron chi connectivity index (χ1n) is 3.62. The predicted molar refractivity (Wildman–Crippen MR) is 42.8 cm³/mol. The zero-order valence-corrected chi connectivity index (χ0v) is 6.98. The molecule has 1 atom stereocenters. The van der Waals surface area contributed by atoms with Crippen LogP contribution in [-0.4, -0.2) is 21.0 Å². The number of aromatic nitrogens is 2. The molecular weight excluding hydrogens is 156 g/mol. The smallest absolute Gasteiger partial charge is 0.312 e. The number of carboxylic acids is 1. The van der Waals surface area contributed by atoms with Crippen LogP contribution in [0.1, 0.15) is 24.2 Å². The van der Waals surface area contributed by atoms with Gasteiger partial charge in [0.2, 0.25) is 0 Å². The SMILES string of the molecule is Cc1cnc(C(C)C(=O)O)cn1. The van der Waals surface area contributed by atoms with Crippen LogP contribution in [0.3, 0.4) is 0 Å². The van der Waals surface area contributed by atoms with Gasteiger partial charge < -0.3 is 5.11 Å². The van der Waals surface area contributed by atoms with Gasteiger partial charge in [-0.25, -0.2) is 0 Å². The summed E-state index contributed by atoms with van der Waals surface area (Å²) < 4.78 is 0. The second-order valence-corrected chi connectivity index (χ2v) is 2.64. The highest BCUT2D eigenvalue weighted by molar-refractivity contribution is 5.74. The van der Waals surface area contributed by atoms with Gasteiger partial charge in [0, 0.05) is 12.4 Å². The molecule has 12 heavy (non-hydrogen) atoms. The Kier molecular flexibility index (Phi) is 2.38. The topological polar surface area (TPSA) is 63.1 Å². The molecule has 0 fully saturated rings. The van der Waals surface area contributed by atoms with E-state index >= 15 is 0 Å². The maximum atomic E-state index is 10.5. The fourth-order valence-corrected chi connectivity index (χ4v) is 0.753. The van der Waals surface area contributed by atoms with Gasteiger partial charge in [0.25, 0.3) is 0 Å². The summed E-state index contributed by atoms with van der Waals surface area (Å²) in [4.78, 5) is 18.4. The molecule has 1 heterocycles. The largest absolute Gasteiger partial charge is 0.481 e. The number of carbonyl (C=O) groups is 1. The molecule has 4 nitrogen and oxygen atoms in total. The molecule has 0 saturated carbocycles. The monoisotopic (exact) mass is 166 g/mol. The molecule has 1 unspecified atom stereocenters. The summed E-state index contributed by atoms with van der Waals surface area (Å²) in [5.41, 5.74) is 1.28. The van der Waals surface area contributed by atoms with Gasteiger partial charge in [-0.15, -0.1) is 0 Å². The minimum absolute atomic E-state index is 0.494. The molecule has 1 aromatic heterocycles. The molecule has 0 saturated heterocycles. The van der Waals surface area contributed by atoms with Gasteiger partial charge in [-0.2, -0.15) is 0 Å². The van der Waals surface area contributed by atoms with E-state index in [2.05, 4.69) is 9.97 Å². The van der Waals surface area contributed by atoms with Crippen molar-refractivity contribution in [2.75, 3.05) is 0 Å². The Bertz CT molecular complexity index is 282. The zero-order chi connectivity index (χ0) is 9.14. The molecule has 4 heteroatoms.